The number of carbonyl (C=O) groups excluding carboxylic acids is 1. The topological polar surface area (TPSA) is 94.1 Å². The predicted molar refractivity (Wildman–Crippen MR) is 109 cm³/mol. The van der Waals surface area contributed by atoms with Gasteiger partial charge < -0.3 is 8.94 Å². The summed E-state index contributed by atoms with van der Waals surface area (Å²) in [7, 11) is 0. The molecule has 4 aromatic rings. The third-order valence-corrected chi connectivity index (χ3v) is 4.66. The third-order valence-electron chi connectivity index (χ3n) is 4.33. The molecule has 0 aliphatic heterocycles. The average molecular weight is 409 g/mol. The van der Waals surface area contributed by atoms with Crippen LogP contribution in [0.25, 0.3) is 22.7 Å². The molecule has 4 rings (SSSR count). The summed E-state index contributed by atoms with van der Waals surface area (Å²) in [5, 5.41) is 15.0. The number of nitrogens with one attached hydrogen (secondary N) is 1. The average Bonchev–Trinajstić information content (AvgIpc) is 3.28. The van der Waals surface area contributed by atoms with E-state index in [-0.39, 0.29) is 11.6 Å². The molecule has 0 bridgehead atoms. The van der Waals surface area contributed by atoms with Crippen LogP contribution in [0.1, 0.15) is 27.2 Å². The molecule has 2 aromatic carbocycles. The van der Waals surface area contributed by atoms with Crippen LogP contribution in [0, 0.1) is 20.8 Å². The van der Waals surface area contributed by atoms with Crippen LogP contribution < -0.4 is 5.32 Å². The van der Waals surface area contributed by atoms with Gasteiger partial charge in [0.05, 0.1) is 5.02 Å². The molecule has 2 aromatic heterocycles. The van der Waals surface area contributed by atoms with E-state index in [0.29, 0.717) is 27.9 Å². The van der Waals surface area contributed by atoms with Gasteiger partial charge in [-0.15, -0.1) is 5.10 Å². The van der Waals surface area contributed by atoms with Gasteiger partial charge in [-0.05, 0) is 39.0 Å². The summed E-state index contributed by atoms with van der Waals surface area (Å²) in [4.78, 5) is 12.9. The lowest BCUT2D eigenvalue weighted by Gasteiger charge is -2.04. The maximum absolute atomic E-state index is 12.9. The molecule has 2 heterocycles. The van der Waals surface area contributed by atoms with Crippen LogP contribution >= 0.6 is 11.6 Å². The second-order valence-corrected chi connectivity index (χ2v) is 7.09. The van der Waals surface area contributed by atoms with Crippen molar-refractivity contribution in [1.82, 2.24) is 15.4 Å². The van der Waals surface area contributed by atoms with Crippen molar-refractivity contribution in [3.05, 3.63) is 69.9 Å². The number of nitrogens with zero attached hydrogens (tertiary/aromatic N) is 3. The molecule has 146 valence electrons. The molecule has 29 heavy (non-hydrogen) atoms. The van der Waals surface area contributed by atoms with Crippen LogP contribution in [0.2, 0.25) is 5.02 Å². The second-order valence-electron chi connectivity index (χ2n) is 6.69. The van der Waals surface area contributed by atoms with Gasteiger partial charge in [0.25, 0.3) is 5.91 Å². The van der Waals surface area contributed by atoms with Gasteiger partial charge in [-0.2, -0.15) is 0 Å². The number of benzene rings is 2. The summed E-state index contributed by atoms with van der Waals surface area (Å²) >= 11 is 6.25. The van der Waals surface area contributed by atoms with Gasteiger partial charge in [0, 0.05) is 11.1 Å². The smallest absolute Gasteiger partial charge is 0.322 e. The van der Waals surface area contributed by atoms with Gasteiger partial charge in [0.15, 0.2) is 0 Å². The van der Waals surface area contributed by atoms with E-state index in [1.807, 2.05) is 32.0 Å². The Morgan fingerprint density at radius 1 is 1.03 bits per heavy atom. The van der Waals surface area contributed by atoms with Gasteiger partial charge in [-0.3, -0.25) is 10.1 Å². The number of anilines is 1. The lowest BCUT2D eigenvalue weighted by atomic mass is 10.1. The monoisotopic (exact) mass is 408 g/mol. The zero-order valence-corrected chi connectivity index (χ0v) is 16.7. The molecule has 1 amide bonds. The van der Waals surface area contributed by atoms with Crippen LogP contribution in [0.4, 0.5) is 6.01 Å². The Hall–Kier alpha value is -3.45. The number of carbonyl (C=O) groups is 1. The Morgan fingerprint density at radius 2 is 1.76 bits per heavy atom. The van der Waals surface area contributed by atoms with E-state index in [1.54, 1.807) is 31.2 Å². The molecule has 0 radical (unpaired) electrons. The van der Waals surface area contributed by atoms with Crippen molar-refractivity contribution in [3.8, 4) is 22.7 Å². The Morgan fingerprint density at radius 3 is 2.48 bits per heavy atom. The largest absolute Gasteiger partial charge is 0.403 e. The normalized spacial score (nSPS) is 10.9. The first-order valence-corrected chi connectivity index (χ1v) is 9.25. The number of hydrogen-bond acceptors (Lipinski definition) is 6. The molecule has 1 N–H and O–H groups in total. The summed E-state index contributed by atoms with van der Waals surface area (Å²) in [6, 6.07) is 13.0. The van der Waals surface area contributed by atoms with Crippen molar-refractivity contribution in [2.24, 2.45) is 0 Å². The van der Waals surface area contributed by atoms with Crippen LogP contribution in [0.3, 0.4) is 0 Å². The Balaban J connectivity index is 1.62. The van der Waals surface area contributed by atoms with E-state index >= 15 is 0 Å². The van der Waals surface area contributed by atoms with Gasteiger partial charge >= 0.3 is 6.01 Å². The maximum atomic E-state index is 12.9. The number of aromatic nitrogens is 3. The van der Waals surface area contributed by atoms with Crippen molar-refractivity contribution in [1.29, 1.82) is 0 Å². The first-order chi connectivity index (χ1) is 13.9. The van der Waals surface area contributed by atoms with E-state index in [9.17, 15) is 4.79 Å². The fourth-order valence-corrected chi connectivity index (χ4v) is 3.35. The van der Waals surface area contributed by atoms with Gasteiger partial charge in [-0.25, -0.2) is 0 Å². The van der Waals surface area contributed by atoms with E-state index < -0.39 is 5.91 Å². The number of halogens is 1. The molecular weight excluding hydrogens is 392 g/mol. The summed E-state index contributed by atoms with van der Waals surface area (Å²) < 4.78 is 10.9. The first kappa shape index (κ1) is 18.9. The molecule has 0 aliphatic rings. The van der Waals surface area contributed by atoms with Crippen LogP contribution in [-0.4, -0.2) is 21.3 Å². The zero-order chi connectivity index (χ0) is 20.5. The highest BCUT2D eigenvalue weighted by atomic mass is 35.5. The molecule has 0 spiro atoms. The fourth-order valence-electron chi connectivity index (χ4n) is 3.12. The SMILES string of the molecule is Cc1cc(C)cc(-c2nnc(NC(=O)c3c(-c4ccccc4Cl)noc3C)o2)c1. The third kappa shape index (κ3) is 3.77. The van der Waals surface area contributed by atoms with Gasteiger partial charge in [0.2, 0.25) is 5.89 Å². The zero-order valence-electron chi connectivity index (χ0n) is 16.0. The highest BCUT2D eigenvalue weighted by Gasteiger charge is 2.24. The first-order valence-electron chi connectivity index (χ1n) is 8.87. The molecule has 0 aliphatic carbocycles. The summed E-state index contributed by atoms with van der Waals surface area (Å²) in [6.45, 7) is 5.62. The highest BCUT2D eigenvalue weighted by Crippen LogP contribution is 2.31. The van der Waals surface area contributed by atoms with E-state index in [4.69, 9.17) is 20.5 Å². The van der Waals surface area contributed by atoms with Crippen LogP contribution in [0.5, 0.6) is 0 Å². The number of hydrogen-bond donors (Lipinski definition) is 1. The molecule has 0 saturated carbocycles. The quantitative estimate of drug-likeness (QED) is 0.497. The minimum atomic E-state index is -0.478. The molecular formula is C21H17ClN4O3. The minimum Gasteiger partial charge on any atom is -0.403 e. The second kappa shape index (κ2) is 7.52. The van der Waals surface area contributed by atoms with Crippen molar-refractivity contribution in [2.45, 2.75) is 20.8 Å². The molecule has 0 atom stereocenters. The lowest BCUT2D eigenvalue weighted by molar-refractivity contribution is 0.102. The van der Waals surface area contributed by atoms with Crippen LogP contribution in [0.15, 0.2) is 51.4 Å². The summed E-state index contributed by atoms with van der Waals surface area (Å²) in [6.07, 6.45) is 0. The molecule has 0 saturated heterocycles. The molecule has 0 fully saturated rings. The van der Waals surface area contributed by atoms with Crippen molar-refractivity contribution >= 4 is 23.5 Å². The van der Waals surface area contributed by atoms with E-state index in [1.165, 1.54) is 0 Å². The number of amides is 1. The Kier molecular flexibility index (Phi) is 4.90. The number of rotatable bonds is 4. The van der Waals surface area contributed by atoms with Crippen LogP contribution in [-0.2, 0) is 0 Å². The summed E-state index contributed by atoms with van der Waals surface area (Å²) in [5.74, 6) is 0.196. The molecule has 7 nitrogen and oxygen atoms in total. The molecule has 8 heteroatoms. The standard InChI is InChI=1S/C21H17ClN4O3/c1-11-8-12(2)10-14(9-11)20-24-25-21(28-20)23-19(27)17-13(3)29-26-18(17)15-6-4-5-7-16(15)22/h4-10H,1-3H3,(H,23,25,27). The maximum Gasteiger partial charge on any atom is 0.322 e. The van der Waals surface area contributed by atoms with E-state index in [2.05, 4.69) is 20.7 Å². The minimum absolute atomic E-state index is 0.0186. The summed E-state index contributed by atoms with van der Waals surface area (Å²) in [5.41, 5.74) is 4.14. The number of aryl methyl sites for hydroxylation is 3. The van der Waals surface area contributed by atoms with Gasteiger partial charge in [0.1, 0.15) is 17.0 Å². The van der Waals surface area contributed by atoms with Gasteiger partial charge in [-0.1, -0.05) is 57.2 Å². The predicted octanol–water partition coefficient (Wildman–Crippen LogP) is 5.22. The van der Waals surface area contributed by atoms with Crippen molar-refractivity contribution in [3.63, 3.8) is 0 Å². The highest BCUT2D eigenvalue weighted by molar-refractivity contribution is 6.33. The lowest BCUT2D eigenvalue weighted by Crippen LogP contribution is -2.13. The fraction of sp³-hybridized carbons (Fsp3) is 0.143. The Bertz CT molecular complexity index is 1190. The van der Waals surface area contributed by atoms with Crippen molar-refractivity contribution < 1.29 is 13.7 Å². The Labute approximate surface area is 171 Å². The van der Waals surface area contributed by atoms with E-state index in [0.717, 1.165) is 16.7 Å². The molecule has 0 unspecified atom stereocenters. The van der Waals surface area contributed by atoms with Crippen molar-refractivity contribution in [2.75, 3.05) is 5.32 Å².